The molecule has 0 saturated heterocycles. The molecule has 0 amide bonds. The third kappa shape index (κ3) is 3.88. The number of carbonyl (C=O) groups excluding carboxylic acids is 1. The summed E-state index contributed by atoms with van der Waals surface area (Å²) in [6.07, 6.45) is 0.265. The predicted octanol–water partition coefficient (Wildman–Crippen LogP) is 4.78. The Labute approximate surface area is 140 Å². The van der Waals surface area contributed by atoms with Gasteiger partial charge in [-0.05, 0) is 42.0 Å². The summed E-state index contributed by atoms with van der Waals surface area (Å²) in [6.45, 7) is 0. The molecule has 0 saturated carbocycles. The fourth-order valence-electron chi connectivity index (χ4n) is 2.39. The first kappa shape index (κ1) is 15.5. The number of rotatable bonds is 5. The van der Waals surface area contributed by atoms with Gasteiger partial charge in [-0.25, -0.2) is 0 Å². The Morgan fingerprint density at radius 2 is 1.62 bits per heavy atom. The van der Waals surface area contributed by atoms with Crippen LogP contribution in [0.2, 0.25) is 0 Å². The summed E-state index contributed by atoms with van der Waals surface area (Å²) in [5.41, 5.74) is 1.90. The number of para-hydroxylation sites is 1. The summed E-state index contributed by atoms with van der Waals surface area (Å²) in [4.78, 5) is 12.4. The maximum atomic E-state index is 12.4. The van der Waals surface area contributed by atoms with Crippen LogP contribution in [-0.4, -0.2) is 5.78 Å². The zero-order valence-corrected chi connectivity index (χ0v) is 13.0. The molecule has 0 fully saturated rings. The molecule has 0 aliphatic rings. The Bertz CT molecular complexity index is 895. The summed E-state index contributed by atoms with van der Waals surface area (Å²) >= 11 is 0. The van der Waals surface area contributed by atoms with E-state index in [0.29, 0.717) is 16.9 Å². The number of hydrogen-bond acceptors (Lipinski definition) is 3. The minimum atomic E-state index is -0.0241. The smallest absolute Gasteiger partial charge is 0.167 e. The quantitative estimate of drug-likeness (QED) is 0.637. The Hall–Kier alpha value is -3.38. The highest BCUT2D eigenvalue weighted by atomic mass is 16.5. The lowest BCUT2D eigenvalue weighted by Crippen LogP contribution is -2.03. The molecule has 0 atom stereocenters. The van der Waals surface area contributed by atoms with Crippen LogP contribution in [0, 0.1) is 11.3 Å². The second kappa shape index (κ2) is 7.26. The molecular weight excluding hydrogens is 298 g/mol. The maximum Gasteiger partial charge on any atom is 0.167 e. The van der Waals surface area contributed by atoms with Gasteiger partial charge >= 0.3 is 0 Å². The van der Waals surface area contributed by atoms with Crippen molar-refractivity contribution in [1.82, 2.24) is 0 Å². The lowest BCUT2D eigenvalue weighted by Gasteiger charge is -2.07. The van der Waals surface area contributed by atoms with E-state index in [2.05, 4.69) is 6.07 Å². The molecule has 0 unspecified atom stereocenters. The van der Waals surface area contributed by atoms with E-state index in [1.807, 2.05) is 54.6 Å². The van der Waals surface area contributed by atoms with E-state index in [-0.39, 0.29) is 12.2 Å². The number of hydrogen-bond donors (Lipinski definition) is 0. The van der Waals surface area contributed by atoms with Crippen LogP contribution < -0.4 is 4.74 Å². The van der Waals surface area contributed by atoms with Crippen molar-refractivity contribution in [2.45, 2.75) is 6.42 Å². The van der Waals surface area contributed by atoms with Gasteiger partial charge in [-0.15, -0.1) is 0 Å². The predicted molar refractivity (Wildman–Crippen MR) is 92.1 cm³/mol. The van der Waals surface area contributed by atoms with Gasteiger partial charge in [-0.1, -0.05) is 42.5 Å². The van der Waals surface area contributed by atoms with Gasteiger partial charge in [0.15, 0.2) is 5.78 Å². The Kier molecular flexibility index (Phi) is 4.69. The molecule has 3 aromatic rings. The third-order valence-electron chi connectivity index (χ3n) is 3.56. The van der Waals surface area contributed by atoms with Crippen molar-refractivity contribution in [3.8, 4) is 17.6 Å². The van der Waals surface area contributed by atoms with E-state index in [0.717, 1.165) is 11.3 Å². The van der Waals surface area contributed by atoms with Crippen LogP contribution in [0.4, 0.5) is 0 Å². The molecule has 3 rings (SSSR count). The molecular formula is C21H15NO2. The van der Waals surface area contributed by atoms with Gasteiger partial charge in [0.25, 0.3) is 0 Å². The molecule has 116 valence electrons. The number of benzene rings is 3. The van der Waals surface area contributed by atoms with Crippen LogP contribution in [0.1, 0.15) is 21.5 Å². The van der Waals surface area contributed by atoms with Crippen LogP contribution in [0.25, 0.3) is 0 Å². The highest BCUT2D eigenvalue weighted by Gasteiger charge is 2.09. The fourth-order valence-corrected chi connectivity index (χ4v) is 2.39. The summed E-state index contributed by atoms with van der Waals surface area (Å²) in [5.74, 6) is 1.42. The van der Waals surface area contributed by atoms with Crippen molar-refractivity contribution in [2.75, 3.05) is 0 Å². The molecule has 0 aliphatic carbocycles. The molecule has 3 heteroatoms. The minimum Gasteiger partial charge on any atom is -0.457 e. The second-order valence-electron chi connectivity index (χ2n) is 5.36. The average molecular weight is 313 g/mol. The molecule has 0 aromatic heterocycles. The molecule has 0 radical (unpaired) electrons. The first-order valence-corrected chi connectivity index (χ1v) is 7.60. The lowest BCUT2D eigenvalue weighted by molar-refractivity contribution is 0.0993. The third-order valence-corrected chi connectivity index (χ3v) is 3.56. The van der Waals surface area contributed by atoms with Crippen molar-refractivity contribution in [2.24, 2.45) is 0 Å². The summed E-state index contributed by atoms with van der Waals surface area (Å²) < 4.78 is 5.79. The number of ketones is 1. The van der Waals surface area contributed by atoms with Crippen LogP contribution in [0.15, 0.2) is 78.9 Å². The van der Waals surface area contributed by atoms with Gasteiger partial charge in [0, 0.05) is 12.0 Å². The van der Waals surface area contributed by atoms with E-state index in [9.17, 15) is 4.79 Å². The molecule has 0 bridgehead atoms. The molecule has 0 spiro atoms. The minimum absolute atomic E-state index is 0.0241. The zero-order valence-electron chi connectivity index (χ0n) is 13.0. The van der Waals surface area contributed by atoms with Crippen molar-refractivity contribution in [3.05, 3.63) is 95.6 Å². The monoisotopic (exact) mass is 313 g/mol. The second-order valence-corrected chi connectivity index (χ2v) is 5.36. The largest absolute Gasteiger partial charge is 0.457 e. The number of carbonyl (C=O) groups is 1. The van der Waals surface area contributed by atoms with E-state index in [4.69, 9.17) is 10.00 Å². The van der Waals surface area contributed by atoms with Crippen LogP contribution >= 0.6 is 0 Å². The average Bonchev–Trinajstić information content (AvgIpc) is 2.63. The normalized spacial score (nSPS) is 9.96. The van der Waals surface area contributed by atoms with E-state index in [1.54, 1.807) is 24.3 Å². The number of ether oxygens (including phenoxy) is 1. The van der Waals surface area contributed by atoms with Gasteiger partial charge in [0.2, 0.25) is 0 Å². The fraction of sp³-hybridized carbons (Fsp3) is 0.0476. The van der Waals surface area contributed by atoms with Crippen molar-refractivity contribution < 1.29 is 9.53 Å². The Morgan fingerprint density at radius 1 is 0.875 bits per heavy atom. The van der Waals surface area contributed by atoms with Gasteiger partial charge in [0.1, 0.15) is 11.5 Å². The molecule has 24 heavy (non-hydrogen) atoms. The molecule has 0 aliphatic heterocycles. The highest BCUT2D eigenvalue weighted by molar-refractivity contribution is 5.97. The van der Waals surface area contributed by atoms with Crippen LogP contribution in [0.3, 0.4) is 0 Å². The van der Waals surface area contributed by atoms with Crippen LogP contribution in [-0.2, 0) is 6.42 Å². The van der Waals surface area contributed by atoms with Crippen molar-refractivity contribution in [1.29, 1.82) is 5.26 Å². The Balaban J connectivity index is 1.74. The van der Waals surface area contributed by atoms with Crippen LogP contribution in [0.5, 0.6) is 11.5 Å². The van der Waals surface area contributed by atoms with Crippen molar-refractivity contribution in [3.63, 3.8) is 0 Å². The zero-order chi connectivity index (χ0) is 16.8. The number of nitriles is 1. The lowest BCUT2D eigenvalue weighted by atomic mass is 10.0. The number of Topliss-reactive ketones (excluding diaryl/α,β-unsaturated/α-hetero) is 1. The summed E-state index contributed by atoms with van der Waals surface area (Å²) in [7, 11) is 0. The van der Waals surface area contributed by atoms with E-state index >= 15 is 0 Å². The first-order chi connectivity index (χ1) is 11.7. The highest BCUT2D eigenvalue weighted by Crippen LogP contribution is 2.22. The molecule has 3 nitrogen and oxygen atoms in total. The van der Waals surface area contributed by atoms with Gasteiger partial charge in [-0.3, -0.25) is 4.79 Å². The SMILES string of the molecule is N#Cc1cccc(C(=O)Cc2cccc(Oc3ccccc3)c2)c1. The van der Waals surface area contributed by atoms with Gasteiger partial charge in [0.05, 0.1) is 11.6 Å². The molecule has 0 heterocycles. The van der Waals surface area contributed by atoms with Gasteiger partial charge < -0.3 is 4.74 Å². The first-order valence-electron chi connectivity index (χ1n) is 7.60. The Morgan fingerprint density at radius 3 is 2.42 bits per heavy atom. The summed E-state index contributed by atoms with van der Waals surface area (Å²) in [6, 6.07) is 25.8. The maximum absolute atomic E-state index is 12.4. The van der Waals surface area contributed by atoms with E-state index < -0.39 is 0 Å². The van der Waals surface area contributed by atoms with Gasteiger partial charge in [-0.2, -0.15) is 5.26 Å². The van der Waals surface area contributed by atoms with Crippen molar-refractivity contribution >= 4 is 5.78 Å². The standard InChI is InChI=1S/C21H15NO2/c22-15-17-7-4-8-18(12-17)21(23)14-16-6-5-11-20(13-16)24-19-9-2-1-3-10-19/h1-13H,14H2. The number of nitrogens with zero attached hydrogens (tertiary/aromatic N) is 1. The topological polar surface area (TPSA) is 50.1 Å². The molecule has 0 N–H and O–H groups in total. The molecule has 3 aromatic carbocycles. The summed E-state index contributed by atoms with van der Waals surface area (Å²) in [5, 5.41) is 8.93. The van der Waals surface area contributed by atoms with E-state index in [1.165, 1.54) is 0 Å².